The molecule has 1 aromatic heterocycles. The van der Waals surface area contributed by atoms with Gasteiger partial charge in [0.15, 0.2) is 0 Å². The van der Waals surface area contributed by atoms with E-state index in [2.05, 4.69) is 15.5 Å². The zero-order chi connectivity index (χ0) is 16.7. The Kier molecular flexibility index (Phi) is 5.30. The van der Waals surface area contributed by atoms with Crippen LogP contribution in [-0.2, 0) is 0 Å². The van der Waals surface area contributed by atoms with Gasteiger partial charge in [0.2, 0.25) is 0 Å². The van der Waals surface area contributed by atoms with Gasteiger partial charge in [-0.2, -0.15) is 5.10 Å². The van der Waals surface area contributed by atoms with Crippen LogP contribution in [0.15, 0.2) is 53.8 Å². The van der Waals surface area contributed by atoms with E-state index in [0.717, 1.165) is 5.69 Å². The number of hydrogen-bond donors (Lipinski definition) is 1. The van der Waals surface area contributed by atoms with Crippen LogP contribution in [0.2, 0.25) is 0 Å². The number of amides is 1. The smallest absolute Gasteiger partial charge is 0.267 e. The molecule has 0 fully saturated rings. The van der Waals surface area contributed by atoms with Gasteiger partial charge < -0.3 is 0 Å². The Balaban J connectivity index is 1.91. The number of hydrazone groups is 1. The molecule has 0 saturated heterocycles. The molecule has 0 spiro atoms. The molecule has 23 heavy (non-hydrogen) atoms. The summed E-state index contributed by atoms with van der Waals surface area (Å²) >= 11 is 0. The zero-order valence-corrected chi connectivity index (χ0v) is 12.3. The number of aromatic nitrogens is 1. The van der Waals surface area contributed by atoms with Crippen molar-refractivity contribution in [1.29, 1.82) is 0 Å². The van der Waals surface area contributed by atoms with Gasteiger partial charge in [0.1, 0.15) is 0 Å². The molecule has 0 unspecified atom stereocenters. The summed E-state index contributed by atoms with van der Waals surface area (Å²) in [5.41, 5.74) is 4.29. The minimum Gasteiger partial charge on any atom is -0.267 e. The normalized spacial score (nSPS) is 11.0. The number of non-ortho nitro benzene ring substituents is 1. The molecule has 0 aliphatic carbocycles. The van der Waals surface area contributed by atoms with Crippen LogP contribution >= 0.6 is 0 Å². The van der Waals surface area contributed by atoms with Crippen LogP contribution in [-0.4, -0.2) is 22.0 Å². The van der Waals surface area contributed by atoms with E-state index in [4.69, 9.17) is 0 Å². The summed E-state index contributed by atoms with van der Waals surface area (Å²) in [4.78, 5) is 26.0. The van der Waals surface area contributed by atoms with Gasteiger partial charge in [0.05, 0.1) is 10.5 Å². The van der Waals surface area contributed by atoms with Crippen LogP contribution in [0.5, 0.6) is 0 Å². The van der Waals surface area contributed by atoms with Gasteiger partial charge in [0, 0.05) is 30.2 Å². The maximum atomic E-state index is 11.7. The molecular weight excluding hydrogens is 296 g/mol. The van der Waals surface area contributed by atoms with E-state index in [9.17, 15) is 14.9 Å². The van der Waals surface area contributed by atoms with Crippen LogP contribution in [0.1, 0.15) is 21.6 Å². The van der Waals surface area contributed by atoms with E-state index >= 15 is 0 Å². The highest BCUT2D eigenvalue weighted by molar-refractivity contribution is 5.94. The molecule has 7 heteroatoms. The second kappa shape index (κ2) is 7.60. The summed E-state index contributed by atoms with van der Waals surface area (Å²) in [7, 11) is 0. The zero-order valence-electron chi connectivity index (χ0n) is 12.3. The molecule has 0 saturated carbocycles. The number of hydrogen-bond acceptors (Lipinski definition) is 5. The van der Waals surface area contributed by atoms with Crippen molar-refractivity contribution in [3.8, 4) is 0 Å². The monoisotopic (exact) mass is 310 g/mol. The Morgan fingerprint density at radius 1 is 1.35 bits per heavy atom. The van der Waals surface area contributed by atoms with Gasteiger partial charge in [-0.15, -0.1) is 0 Å². The van der Waals surface area contributed by atoms with Crippen LogP contribution in [0.4, 0.5) is 5.69 Å². The Labute approximate surface area is 132 Å². The van der Waals surface area contributed by atoms with Crippen molar-refractivity contribution in [3.63, 3.8) is 0 Å². The molecular formula is C16H14N4O3. The quantitative estimate of drug-likeness (QED) is 0.521. The Morgan fingerprint density at radius 2 is 2.17 bits per heavy atom. The molecule has 0 radical (unpaired) electrons. The minimum absolute atomic E-state index is 0.0178. The number of pyridine rings is 1. The second-order valence-electron chi connectivity index (χ2n) is 4.62. The molecule has 1 aromatic carbocycles. The third-order valence-corrected chi connectivity index (χ3v) is 2.87. The third-order valence-electron chi connectivity index (χ3n) is 2.87. The summed E-state index contributed by atoms with van der Waals surface area (Å²) in [5.74, 6) is -0.363. The number of carbonyl (C=O) groups excluding carboxylic acids is 1. The fourth-order valence-electron chi connectivity index (χ4n) is 1.70. The number of nitrogens with zero attached hydrogens (tertiary/aromatic N) is 3. The maximum Gasteiger partial charge on any atom is 0.272 e. The first kappa shape index (κ1) is 16.0. The van der Waals surface area contributed by atoms with Crippen molar-refractivity contribution in [3.05, 3.63) is 75.6 Å². The summed E-state index contributed by atoms with van der Waals surface area (Å²) in [6, 6.07) is 9.59. The van der Waals surface area contributed by atoms with Crippen molar-refractivity contribution >= 4 is 23.9 Å². The van der Waals surface area contributed by atoms with Crippen LogP contribution in [0.3, 0.4) is 0 Å². The van der Waals surface area contributed by atoms with Crippen molar-refractivity contribution in [2.75, 3.05) is 0 Å². The highest BCUT2D eigenvalue weighted by Crippen LogP contribution is 2.13. The molecule has 0 aliphatic heterocycles. The molecule has 0 bridgehead atoms. The van der Waals surface area contributed by atoms with E-state index in [1.165, 1.54) is 24.5 Å². The summed E-state index contributed by atoms with van der Waals surface area (Å²) < 4.78 is 0. The number of aryl methyl sites for hydroxylation is 1. The van der Waals surface area contributed by atoms with Gasteiger partial charge >= 0.3 is 0 Å². The Bertz CT molecular complexity index is 767. The number of rotatable bonds is 5. The largest absolute Gasteiger partial charge is 0.272 e. The molecule has 1 amide bonds. The average Bonchev–Trinajstić information content (AvgIpc) is 2.55. The number of nitro groups is 1. The molecule has 2 rings (SSSR count). The summed E-state index contributed by atoms with van der Waals surface area (Å²) in [6.45, 7) is 1.83. The fraction of sp³-hybridized carbons (Fsp3) is 0.0625. The molecule has 7 nitrogen and oxygen atoms in total. The van der Waals surface area contributed by atoms with Crippen molar-refractivity contribution in [2.24, 2.45) is 5.10 Å². The minimum atomic E-state index is -0.457. The van der Waals surface area contributed by atoms with Crippen LogP contribution in [0, 0.1) is 17.0 Å². The number of carbonyl (C=O) groups is 1. The first-order valence-electron chi connectivity index (χ1n) is 6.73. The maximum absolute atomic E-state index is 11.7. The summed E-state index contributed by atoms with van der Waals surface area (Å²) in [6.07, 6.45) is 6.08. The van der Waals surface area contributed by atoms with Crippen LogP contribution < -0.4 is 5.43 Å². The highest BCUT2D eigenvalue weighted by atomic mass is 16.6. The van der Waals surface area contributed by atoms with Gasteiger partial charge in [-0.25, -0.2) is 5.43 Å². The van der Waals surface area contributed by atoms with Crippen molar-refractivity contribution in [1.82, 2.24) is 10.4 Å². The lowest BCUT2D eigenvalue weighted by Crippen LogP contribution is -2.17. The van der Waals surface area contributed by atoms with Crippen LogP contribution in [0.25, 0.3) is 6.08 Å². The number of nitrogens with one attached hydrogen (secondary N) is 1. The standard InChI is InChI=1S/C16H14N4O3/c1-12-7-8-14(11-17-12)16(21)19-18-9-3-5-13-4-2-6-15(10-13)20(22)23/h2-11H,1H3,(H,19,21)/b5-3+,18-9+. The molecule has 1 heterocycles. The first-order valence-corrected chi connectivity index (χ1v) is 6.73. The lowest BCUT2D eigenvalue weighted by atomic mass is 10.2. The van der Waals surface area contributed by atoms with Gasteiger partial charge in [-0.3, -0.25) is 19.9 Å². The molecule has 116 valence electrons. The SMILES string of the molecule is Cc1ccc(C(=O)N/N=C/C=C/c2cccc([N+](=O)[O-])c2)cn1. The van der Waals surface area contributed by atoms with E-state index in [1.54, 1.807) is 36.4 Å². The first-order chi connectivity index (χ1) is 11.1. The number of benzene rings is 1. The molecule has 0 aliphatic rings. The van der Waals surface area contributed by atoms with E-state index in [0.29, 0.717) is 11.1 Å². The fourth-order valence-corrected chi connectivity index (χ4v) is 1.70. The molecule has 2 aromatic rings. The highest BCUT2D eigenvalue weighted by Gasteiger charge is 2.04. The van der Waals surface area contributed by atoms with Crippen molar-refractivity contribution < 1.29 is 9.72 Å². The Hall–Kier alpha value is -3.35. The summed E-state index contributed by atoms with van der Waals surface area (Å²) in [5, 5.41) is 14.4. The topological polar surface area (TPSA) is 97.5 Å². The van der Waals surface area contributed by atoms with E-state index in [1.807, 2.05) is 6.92 Å². The van der Waals surface area contributed by atoms with Gasteiger partial charge in [0.25, 0.3) is 11.6 Å². The number of allylic oxidation sites excluding steroid dienone is 1. The van der Waals surface area contributed by atoms with Gasteiger partial charge in [-0.1, -0.05) is 18.2 Å². The average molecular weight is 310 g/mol. The molecule has 0 atom stereocenters. The van der Waals surface area contributed by atoms with E-state index < -0.39 is 4.92 Å². The Morgan fingerprint density at radius 3 is 2.87 bits per heavy atom. The lowest BCUT2D eigenvalue weighted by Gasteiger charge is -1.98. The van der Waals surface area contributed by atoms with E-state index in [-0.39, 0.29) is 11.6 Å². The number of nitro benzene ring substituents is 1. The molecule has 1 N–H and O–H groups in total. The van der Waals surface area contributed by atoms with Gasteiger partial charge in [-0.05, 0) is 30.7 Å². The third kappa shape index (κ3) is 4.85. The predicted molar refractivity (Wildman–Crippen MR) is 87.1 cm³/mol. The predicted octanol–water partition coefficient (Wildman–Crippen LogP) is 2.73. The lowest BCUT2D eigenvalue weighted by molar-refractivity contribution is -0.384. The van der Waals surface area contributed by atoms with Crippen molar-refractivity contribution in [2.45, 2.75) is 6.92 Å². The second-order valence-corrected chi connectivity index (χ2v) is 4.62.